The fourth-order valence-electron chi connectivity index (χ4n) is 2.61. The van der Waals surface area contributed by atoms with Crippen LogP contribution in [-0.2, 0) is 9.84 Å². The molecule has 1 aromatic heterocycles. The summed E-state index contributed by atoms with van der Waals surface area (Å²) in [5, 5.41) is 0. The molecule has 0 unspecified atom stereocenters. The molecular weight excluding hydrogens is 324 g/mol. The van der Waals surface area contributed by atoms with Crippen LogP contribution >= 0.6 is 0 Å². The van der Waals surface area contributed by atoms with Crippen LogP contribution in [0.15, 0.2) is 59.9 Å². The van der Waals surface area contributed by atoms with Gasteiger partial charge in [-0.05, 0) is 55.0 Å². The highest BCUT2D eigenvalue weighted by atomic mass is 32.2. The third-order valence-corrected chi connectivity index (χ3v) is 5.00. The highest BCUT2D eigenvalue weighted by molar-refractivity contribution is 7.90. The lowest BCUT2D eigenvalue weighted by Gasteiger charge is -2.11. The fourth-order valence-corrected chi connectivity index (χ4v) is 3.24. The molecule has 6 heteroatoms. The van der Waals surface area contributed by atoms with Crippen molar-refractivity contribution in [1.29, 1.82) is 0 Å². The van der Waals surface area contributed by atoms with E-state index >= 15 is 0 Å². The highest BCUT2D eigenvalue weighted by Gasteiger charge is 2.11. The number of ether oxygens (including phenoxy) is 1. The smallest absolute Gasteiger partial charge is 0.175 e. The van der Waals surface area contributed by atoms with Gasteiger partial charge in [-0.2, -0.15) is 0 Å². The van der Waals surface area contributed by atoms with Crippen molar-refractivity contribution >= 4 is 9.84 Å². The molecule has 0 aliphatic heterocycles. The van der Waals surface area contributed by atoms with Crippen molar-refractivity contribution in [1.82, 2.24) is 9.55 Å². The van der Waals surface area contributed by atoms with Crippen molar-refractivity contribution < 1.29 is 13.2 Å². The Morgan fingerprint density at radius 1 is 1.08 bits per heavy atom. The van der Waals surface area contributed by atoms with Crippen LogP contribution in [0.2, 0.25) is 0 Å². The Kier molecular flexibility index (Phi) is 4.15. The SMILES string of the molecule is COc1ccc(-c2cncn2-c2ccc(S(C)(=O)=O)cc2)cc1C. The summed E-state index contributed by atoms with van der Waals surface area (Å²) in [7, 11) is -1.55. The molecule has 3 rings (SSSR count). The molecular formula is C18H18N2O3S. The second-order valence-corrected chi connectivity index (χ2v) is 7.62. The summed E-state index contributed by atoms with van der Waals surface area (Å²) in [6, 6.07) is 12.7. The molecule has 2 aromatic carbocycles. The Hall–Kier alpha value is -2.60. The van der Waals surface area contributed by atoms with Crippen LogP contribution in [0.5, 0.6) is 5.75 Å². The van der Waals surface area contributed by atoms with Crippen molar-refractivity contribution in [2.45, 2.75) is 11.8 Å². The van der Waals surface area contributed by atoms with Crippen LogP contribution in [0.3, 0.4) is 0 Å². The number of hydrogen-bond donors (Lipinski definition) is 0. The van der Waals surface area contributed by atoms with Gasteiger partial charge in [0.05, 0.1) is 30.2 Å². The van der Waals surface area contributed by atoms with Crippen LogP contribution in [-0.4, -0.2) is 31.3 Å². The molecule has 0 atom stereocenters. The molecule has 0 aliphatic rings. The lowest BCUT2D eigenvalue weighted by atomic mass is 10.1. The van der Waals surface area contributed by atoms with Crippen molar-refractivity contribution in [3.05, 3.63) is 60.6 Å². The van der Waals surface area contributed by atoms with Gasteiger partial charge in [-0.15, -0.1) is 0 Å². The lowest BCUT2D eigenvalue weighted by Crippen LogP contribution is -1.99. The zero-order valence-corrected chi connectivity index (χ0v) is 14.5. The van der Waals surface area contributed by atoms with Gasteiger partial charge in [-0.25, -0.2) is 13.4 Å². The third-order valence-electron chi connectivity index (χ3n) is 3.87. The van der Waals surface area contributed by atoms with E-state index < -0.39 is 9.84 Å². The molecule has 3 aromatic rings. The average Bonchev–Trinajstić information content (AvgIpc) is 3.03. The predicted molar refractivity (Wildman–Crippen MR) is 93.4 cm³/mol. The van der Waals surface area contributed by atoms with Gasteiger partial charge in [0.25, 0.3) is 0 Å². The number of benzene rings is 2. The third kappa shape index (κ3) is 3.05. The summed E-state index contributed by atoms with van der Waals surface area (Å²) >= 11 is 0. The summed E-state index contributed by atoms with van der Waals surface area (Å²) < 4.78 is 30.4. The first kappa shape index (κ1) is 16.3. The monoisotopic (exact) mass is 342 g/mol. The maximum absolute atomic E-state index is 11.6. The standard InChI is InChI=1S/C18H18N2O3S/c1-13-10-14(4-9-18(13)23-2)17-11-19-12-20(17)15-5-7-16(8-6-15)24(3,21)22/h4-12H,1-3H3. The van der Waals surface area contributed by atoms with E-state index in [4.69, 9.17) is 4.74 Å². The van der Waals surface area contributed by atoms with E-state index in [0.29, 0.717) is 4.90 Å². The van der Waals surface area contributed by atoms with Crippen LogP contribution in [0.25, 0.3) is 16.9 Å². The number of sulfone groups is 1. The highest BCUT2D eigenvalue weighted by Crippen LogP contribution is 2.28. The molecule has 0 aliphatic carbocycles. The molecule has 0 spiro atoms. The first-order valence-electron chi connectivity index (χ1n) is 7.38. The Labute approximate surface area is 141 Å². The van der Waals surface area contributed by atoms with Gasteiger partial charge < -0.3 is 4.74 Å². The van der Waals surface area contributed by atoms with Crippen molar-refractivity contribution in [2.75, 3.05) is 13.4 Å². The molecule has 124 valence electrons. The van der Waals surface area contributed by atoms with E-state index in [-0.39, 0.29) is 0 Å². The normalized spacial score (nSPS) is 11.5. The molecule has 24 heavy (non-hydrogen) atoms. The summed E-state index contributed by atoms with van der Waals surface area (Å²) in [6.07, 6.45) is 4.70. The average molecular weight is 342 g/mol. The van der Waals surface area contributed by atoms with Crippen molar-refractivity contribution in [2.24, 2.45) is 0 Å². The van der Waals surface area contributed by atoms with Crippen molar-refractivity contribution in [3.63, 3.8) is 0 Å². The largest absolute Gasteiger partial charge is 0.496 e. The predicted octanol–water partition coefficient (Wildman–Crippen LogP) is 3.26. The minimum absolute atomic E-state index is 0.299. The Morgan fingerprint density at radius 3 is 2.38 bits per heavy atom. The van der Waals surface area contributed by atoms with Crippen LogP contribution in [0.4, 0.5) is 0 Å². The van der Waals surface area contributed by atoms with E-state index in [0.717, 1.165) is 28.3 Å². The number of methoxy groups -OCH3 is 1. The molecule has 0 saturated carbocycles. The summed E-state index contributed by atoms with van der Waals surface area (Å²) in [6.45, 7) is 1.99. The minimum atomic E-state index is -3.20. The van der Waals surface area contributed by atoms with E-state index in [2.05, 4.69) is 4.98 Å². The zero-order valence-electron chi connectivity index (χ0n) is 13.7. The molecule has 0 N–H and O–H groups in total. The first-order valence-corrected chi connectivity index (χ1v) is 9.27. The first-order chi connectivity index (χ1) is 11.4. The number of aryl methyl sites for hydroxylation is 1. The number of nitrogens with zero attached hydrogens (tertiary/aromatic N) is 2. The molecule has 0 fully saturated rings. The Balaban J connectivity index is 2.03. The Bertz CT molecular complexity index is 974. The van der Waals surface area contributed by atoms with Crippen LogP contribution in [0.1, 0.15) is 5.56 Å². The number of aromatic nitrogens is 2. The molecule has 5 nitrogen and oxygen atoms in total. The van der Waals surface area contributed by atoms with Crippen LogP contribution < -0.4 is 4.74 Å². The molecule has 0 radical (unpaired) electrons. The van der Waals surface area contributed by atoms with Gasteiger partial charge in [-0.3, -0.25) is 4.57 Å². The molecule has 0 bridgehead atoms. The minimum Gasteiger partial charge on any atom is -0.496 e. The molecule has 1 heterocycles. The Morgan fingerprint density at radius 2 is 1.79 bits per heavy atom. The fraction of sp³-hybridized carbons (Fsp3) is 0.167. The van der Waals surface area contributed by atoms with E-state index in [1.165, 1.54) is 6.26 Å². The van der Waals surface area contributed by atoms with E-state index in [1.807, 2.05) is 29.7 Å². The molecule has 0 saturated heterocycles. The van der Waals surface area contributed by atoms with Gasteiger partial charge in [0.1, 0.15) is 5.75 Å². The quantitative estimate of drug-likeness (QED) is 0.730. The topological polar surface area (TPSA) is 61.2 Å². The van der Waals surface area contributed by atoms with Gasteiger partial charge in [-0.1, -0.05) is 0 Å². The number of hydrogen-bond acceptors (Lipinski definition) is 4. The second-order valence-electron chi connectivity index (χ2n) is 5.60. The number of rotatable bonds is 4. The lowest BCUT2D eigenvalue weighted by molar-refractivity contribution is 0.412. The number of imidazole rings is 1. The van der Waals surface area contributed by atoms with E-state index in [1.54, 1.807) is 43.9 Å². The van der Waals surface area contributed by atoms with E-state index in [9.17, 15) is 8.42 Å². The van der Waals surface area contributed by atoms with Gasteiger partial charge in [0, 0.05) is 17.5 Å². The zero-order chi connectivity index (χ0) is 17.3. The van der Waals surface area contributed by atoms with Crippen molar-refractivity contribution in [3.8, 4) is 22.7 Å². The summed E-state index contributed by atoms with van der Waals surface area (Å²) in [4.78, 5) is 4.53. The van der Waals surface area contributed by atoms with Gasteiger partial charge >= 0.3 is 0 Å². The summed E-state index contributed by atoms with van der Waals surface area (Å²) in [5.74, 6) is 0.835. The van der Waals surface area contributed by atoms with Gasteiger partial charge in [0.15, 0.2) is 9.84 Å². The van der Waals surface area contributed by atoms with Gasteiger partial charge in [0.2, 0.25) is 0 Å². The summed E-state index contributed by atoms with van der Waals surface area (Å²) in [5.41, 5.74) is 3.82. The maximum Gasteiger partial charge on any atom is 0.175 e. The second kappa shape index (κ2) is 6.13. The van der Waals surface area contributed by atoms with Crippen LogP contribution in [0, 0.1) is 6.92 Å². The maximum atomic E-state index is 11.6. The molecule has 0 amide bonds.